The number of carboxylic acid groups (broad SMARTS) is 1. The quantitative estimate of drug-likeness (QED) is 0.683. The van der Waals surface area contributed by atoms with E-state index in [1.54, 1.807) is 31.3 Å². The van der Waals surface area contributed by atoms with E-state index in [9.17, 15) is 20.4 Å². The molecule has 0 aliphatic heterocycles. The van der Waals surface area contributed by atoms with E-state index in [1.165, 1.54) is 17.2 Å². The van der Waals surface area contributed by atoms with Crippen molar-refractivity contribution in [1.29, 1.82) is 10.5 Å². The largest absolute Gasteiger partial charge is 0.477 e. The summed E-state index contributed by atoms with van der Waals surface area (Å²) in [6.45, 7) is 4.25. The van der Waals surface area contributed by atoms with Crippen LogP contribution in [0.1, 0.15) is 41.9 Å². The fourth-order valence-corrected chi connectivity index (χ4v) is 2.91. The van der Waals surface area contributed by atoms with Gasteiger partial charge in [0.2, 0.25) is 0 Å². The Morgan fingerprint density at radius 3 is 2.04 bits per heavy atom. The third kappa shape index (κ3) is 4.11. The highest BCUT2D eigenvalue weighted by molar-refractivity contribution is 5.97. The monoisotopic (exact) mass is 371 g/mol. The Morgan fingerprint density at radius 1 is 0.964 bits per heavy atom. The molecule has 0 radical (unpaired) electrons. The van der Waals surface area contributed by atoms with Crippen LogP contribution < -0.4 is 0 Å². The summed E-state index contributed by atoms with van der Waals surface area (Å²) in [5.41, 5.74) is 3.66. The second-order valence-corrected chi connectivity index (χ2v) is 6.24. The smallest absolute Gasteiger partial charge is 0.353 e. The molecule has 0 fully saturated rings. The van der Waals surface area contributed by atoms with Gasteiger partial charge in [-0.15, -0.1) is 0 Å². The summed E-state index contributed by atoms with van der Waals surface area (Å²) in [6.07, 6.45) is 2.76. The van der Waals surface area contributed by atoms with Crippen molar-refractivity contribution in [2.75, 3.05) is 0 Å². The van der Waals surface area contributed by atoms with Crippen LogP contribution in [0.3, 0.4) is 0 Å². The van der Waals surface area contributed by atoms with E-state index in [-0.39, 0.29) is 5.69 Å². The molecule has 3 aromatic rings. The number of rotatable bonds is 3. The van der Waals surface area contributed by atoms with Crippen molar-refractivity contribution in [2.24, 2.45) is 7.05 Å². The molecule has 0 aliphatic carbocycles. The number of aryl methyl sites for hydroxylation is 1. The molecule has 140 valence electrons. The van der Waals surface area contributed by atoms with E-state index in [4.69, 9.17) is 0 Å². The summed E-state index contributed by atoms with van der Waals surface area (Å²) in [7, 11) is 1.60. The van der Waals surface area contributed by atoms with Gasteiger partial charge in [-0.05, 0) is 22.8 Å². The van der Waals surface area contributed by atoms with Crippen molar-refractivity contribution in [3.8, 4) is 34.4 Å². The SMILES string of the molecule is CCC.Cn1cc(C#N)c(-c2ccc(-c3ccccc3C#N)cc2)c1C(=O)O. The van der Waals surface area contributed by atoms with E-state index in [2.05, 4.69) is 19.9 Å². The zero-order valence-corrected chi connectivity index (χ0v) is 16.1. The van der Waals surface area contributed by atoms with Crippen LogP contribution in [0.15, 0.2) is 54.7 Å². The van der Waals surface area contributed by atoms with Gasteiger partial charge < -0.3 is 9.67 Å². The Bertz CT molecular complexity index is 1060. The van der Waals surface area contributed by atoms with Gasteiger partial charge in [0.1, 0.15) is 11.8 Å². The predicted octanol–water partition coefficient (Wildman–Crippen LogP) is 5.22. The molecule has 28 heavy (non-hydrogen) atoms. The summed E-state index contributed by atoms with van der Waals surface area (Å²) in [5, 5.41) is 28.0. The van der Waals surface area contributed by atoms with Gasteiger partial charge in [-0.3, -0.25) is 0 Å². The normalized spacial score (nSPS) is 9.61. The zero-order valence-electron chi connectivity index (χ0n) is 16.1. The van der Waals surface area contributed by atoms with Gasteiger partial charge in [-0.25, -0.2) is 4.79 Å². The first-order chi connectivity index (χ1) is 13.5. The Morgan fingerprint density at radius 2 is 1.50 bits per heavy atom. The summed E-state index contributed by atoms with van der Waals surface area (Å²) >= 11 is 0. The van der Waals surface area contributed by atoms with Crippen LogP contribution in [0.2, 0.25) is 0 Å². The number of carbonyl (C=O) groups is 1. The first kappa shape index (κ1) is 20.5. The first-order valence-electron chi connectivity index (χ1n) is 8.91. The number of nitrogens with zero attached hydrogens (tertiary/aromatic N) is 3. The van der Waals surface area contributed by atoms with Crippen molar-refractivity contribution in [1.82, 2.24) is 4.57 Å². The molecular formula is C23H21N3O2. The van der Waals surface area contributed by atoms with Crippen molar-refractivity contribution < 1.29 is 9.90 Å². The molecule has 0 atom stereocenters. The minimum absolute atomic E-state index is 0.0710. The number of carboxylic acids is 1. The van der Waals surface area contributed by atoms with Crippen LogP contribution in [0.25, 0.3) is 22.3 Å². The molecular weight excluding hydrogens is 350 g/mol. The molecule has 3 rings (SSSR count). The van der Waals surface area contributed by atoms with Crippen LogP contribution in [0.5, 0.6) is 0 Å². The Kier molecular flexibility index (Phi) is 6.73. The van der Waals surface area contributed by atoms with Crippen LogP contribution >= 0.6 is 0 Å². The molecule has 2 aromatic carbocycles. The zero-order chi connectivity index (χ0) is 20.7. The van der Waals surface area contributed by atoms with Gasteiger partial charge in [-0.2, -0.15) is 10.5 Å². The Balaban J connectivity index is 0.000000878. The number of aromatic carboxylic acids is 1. The number of hydrogen-bond donors (Lipinski definition) is 1. The van der Waals surface area contributed by atoms with Crippen LogP contribution in [0.4, 0.5) is 0 Å². The van der Waals surface area contributed by atoms with E-state index >= 15 is 0 Å². The van der Waals surface area contributed by atoms with Crippen molar-refractivity contribution >= 4 is 5.97 Å². The fraction of sp³-hybridized carbons (Fsp3) is 0.174. The average Bonchev–Trinajstić information content (AvgIpc) is 3.05. The second-order valence-electron chi connectivity index (χ2n) is 6.24. The maximum Gasteiger partial charge on any atom is 0.353 e. The third-order valence-electron chi connectivity index (χ3n) is 4.04. The van der Waals surface area contributed by atoms with Crippen molar-refractivity contribution in [2.45, 2.75) is 20.3 Å². The second kappa shape index (κ2) is 9.21. The fourth-order valence-electron chi connectivity index (χ4n) is 2.91. The Labute approximate surface area is 164 Å². The molecule has 1 aromatic heterocycles. The molecule has 0 saturated carbocycles. The molecule has 1 N–H and O–H groups in total. The Hall–Kier alpha value is -3.83. The number of benzene rings is 2. The lowest BCUT2D eigenvalue weighted by atomic mass is 9.96. The molecule has 5 nitrogen and oxygen atoms in total. The van der Waals surface area contributed by atoms with Gasteiger partial charge in [0.05, 0.1) is 17.2 Å². The number of aromatic nitrogens is 1. The lowest BCUT2D eigenvalue weighted by molar-refractivity contribution is 0.0687. The molecule has 0 spiro atoms. The number of hydrogen-bond acceptors (Lipinski definition) is 3. The lowest BCUT2D eigenvalue weighted by Gasteiger charge is -2.07. The van der Waals surface area contributed by atoms with Crippen molar-refractivity contribution in [3.05, 3.63) is 71.5 Å². The average molecular weight is 371 g/mol. The minimum Gasteiger partial charge on any atom is -0.477 e. The van der Waals surface area contributed by atoms with Gasteiger partial charge in [0.15, 0.2) is 0 Å². The van der Waals surface area contributed by atoms with Gasteiger partial charge in [-0.1, -0.05) is 62.7 Å². The van der Waals surface area contributed by atoms with Crippen molar-refractivity contribution in [3.63, 3.8) is 0 Å². The maximum atomic E-state index is 11.6. The molecule has 1 heterocycles. The highest BCUT2D eigenvalue weighted by Gasteiger charge is 2.21. The summed E-state index contributed by atoms with van der Waals surface area (Å²) in [4.78, 5) is 11.6. The molecule has 5 heteroatoms. The lowest BCUT2D eigenvalue weighted by Crippen LogP contribution is -2.05. The predicted molar refractivity (Wildman–Crippen MR) is 109 cm³/mol. The van der Waals surface area contributed by atoms with Gasteiger partial charge in [0, 0.05) is 18.8 Å². The highest BCUT2D eigenvalue weighted by Crippen LogP contribution is 2.31. The maximum absolute atomic E-state index is 11.6. The van der Waals surface area contributed by atoms with Gasteiger partial charge in [0.25, 0.3) is 0 Å². The molecule has 0 saturated heterocycles. The van der Waals surface area contributed by atoms with Gasteiger partial charge >= 0.3 is 5.97 Å². The molecule has 0 unspecified atom stereocenters. The molecule has 0 aliphatic rings. The van der Waals surface area contributed by atoms with E-state index < -0.39 is 5.97 Å². The van der Waals surface area contributed by atoms with Crippen LogP contribution in [-0.4, -0.2) is 15.6 Å². The van der Waals surface area contributed by atoms with Crippen LogP contribution in [-0.2, 0) is 7.05 Å². The van der Waals surface area contributed by atoms with E-state index in [1.807, 2.05) is 30.3 Å². The van der Waals surface area contributed by atoms with E-state index in [0.29, 0.717) is 22.3 Å². The summed E-state index contributed by atoms with van der Waals surface area (Å²) in [6, 6.07) is 18.7. The standard InChI is InChI=1S/C20H13N3O2.C3H8/c1-23-12-16(11-22)18(19(23)20(24)25)14-8-6-13(7-9-14)17-5-3-2-4-15(17)10-21;1-3-2/h2-9,12H,1H3,(H,24,25);3H2,1-2H3. The summed E-state index contributed by atoms with van der Waals surface area (Å²) < 4.78 is 1.44. The first-order valence-corrected chi connectivity index (χ1v) is 8.91. The molecule has 0 amide bonds. The highest BCUT2D eigenvalue weighted by atomic mass is 16.4. The molecule has 0 bridgehead atoms. The van der Waals surface area contributed by atoms with E-state index in [0.717, 1.165) is 11.1 Å². The van der Waals surface area contributed by atoms with Crippen LogP contribution in [0, 0.1) is 22.7 Å². The minimum atomic E-state index is -1.09. The number of nitriles is 2. The topological polar surface area (TPSA) is 89.8 Å². The third-order valence-corrected chi connectivity index (χ3v) is 4.04. The summed E-state index contributed by atoms with van der Waals surface area (Å²) in [5.74, 6) is -1.09.